The number of anilines is 1. The van der Waals surface area contributed by atoms with Gasteiger partial charge in [-0.15, -0.1) is 0 Å². The van der Waals surface area contributed by atoms with Crippen LogP contribution in [0.2, 0.25) is 0 Å². The van der Waals surface area contributed by atoms with Crippen molar-refractivity contribution >= 4 is 11.6 Å². The molecule has 0 saturated carbocycles. The largest absolute Gasteiger partial charge is 0.493 e. The third-order valence-corrected chi connectivity index (χ3v) is 5.70. The minimum Gasteiger partial charge on any atom is -0.493 e. The number of hydrogen-bond acceptors (Lipinski definition) is 6. The zero-order chi connectivity index (χ0) is 22.9. The first-order chi connectivity index (χ1) is 15.5. The molecular formula is C24H32FN3O4. The number of amides is 1. The summed E-state index contributed by atoms with van der Waals surface area (Å²) in [5, 5.41) is 0. The molecule has 0 aliphatic carbocycles. The predicted octanol–water partition coefficient (Wildman–Crippen LogP) is 2.64. The lowest BCUT2D eigenvalue weighted by molar-refractivity contribution is -0.131. The summed E-state index contributed by atoms with van der Waals surface area (Å²) >= 11 is 0. The molecule has 1 aliphatic heterocycles. The van der Waals surface area contributed by atoms with E-state index < -0.39 is 0 Å². The van der Waals surface area contributed by atoms with Crippen LogP contribution in [0.4, 0.5) is 10.1 Å². The molecule has 0 N–H and O–H groups in total. The van der Waals surface area contributed by atoms with Crippen LogP contribution in [0.15, 0.2) is 42.5 Å². The molecule has 1 amide bonds. The van der Waals surface area contributed by atoms with Gasteiger partial charge in [-0.1, -0.05) is 18.2 Å². The van der Waals surface area contributed by atoms with Gasteiger partial charge in [0.1, 0.15) is 5.82 Å². The van der Waals surface area contributed by atoms with Crippen molar-refractivity contribution < 1.29 is 23.4 Å². The zero-order valence-electron chi connectivity index (χ0n) is 19.1. The van der Waals surface area contributed by atoms with E-state index in [0.29, 0.717) is 62.9 Å². The highest BCUT2D eigenvalue weighted by atomic mass is 19.1. The van der Waals surface area contributed by atoms with Gasteiger partial charge in [0.25, 0.3) is 0 Å². The second kappa shape index (κ2) is 11.7. The number of benzene rings is 2. The Balaban J connectivity index is 1.60. The van der Waals surface area contributed by atoms with Gasteiger partial charge < -0.3 is 24.0 Å². The lowest BCUT2D eigenvalue weighted by Gasteiger charge is -2.36. The number of nitrogens with zero attached hydrogens (tertiary/aromatic N) is 3. The maximum atomic E-state index is 13.9. The van der Waals surface area contributed by atoms with Crippen LogP contribution < -0.4 is 14.4 Å². The first-order valence-corrected chi connectivity index (χ1v) is 10.7. The monoisotopic (exact) mass is 445 g/mol. The number of ether oxygens (including phenoxy) is 3. The molecule has 1 heterocycles. The fraction of sp³-hybridized carbons (Fsp3) is 0.458. The van der Waals surface area contributed by atoms with Crippen LogP contribution >= 0.6 is 0 Å². The van der Waals surface area contributed by atoms with Crippen molar-refractivity contribution in [3.8, 4) is 11.5 Å². The molecule has 1 saturated heterocycles. The van der Waals surface area contributed by atoms with Gasteiger partial charge in [0.15, 0.2) is 11.5 Å². The van der Waals surface area contributed by atoms with E-state index in [9.17, 15) is 9.18 Å². The molecule has 8 heteroatoms. The molecular weight excluding hydrogens is 413 g/mol. The van der Waals surface area contributed by atoms with Crippen molar-refractivity contribution in [3.05, 3.63) is 53.8 Å². The average Bonchev–Trinajstić information content (AvgIpc) is 2.83. The van der Waals surface area contributed by atoms with Crippen LogP contribution in [0.5, 0.6) is 11.5 Å². The Bertz CT molecular complexity index is 887. The normalized spacial score (nSPS) is 14.3. The molecule has 1 aliphatic rings. The highest BCUT2D eigenvalue weighted by Gasteiger charge is 2.24. The van der Waals surface area contributed by atoms with Gasteiger partial charge in [0, 0.05) is 63.7 Å². The van der Waals surface area contributed by atoms with Crippen LogP contribution in [0.25, 0.3) is 0 Å². The molecule has 32 heavy (non-hydrogen) atoms. The minimum atomic E-state index is -0.185. The average molecular weight is 446 g/mol. The van der Waals surface area contributed by atoms with Gasteiger partial charge in [-0.2, -0.15) is 0 Å². The summed E-state index contributed by atoms with van der Waals surface area (Å²) in [7, 11) is 4.83. The summed E-state index contributed by atoms with van der Waals surface area (Å²) in [4.78, 5) is 19.1. The third-order valence-electron chi connectivity index (χ3n) is 5.70. The highest BCUT2D eigenvalue weighted by Crippen LogP contribution is 2.31. The fourth-order valence-electron chi connectivity index (χ4n) is 3.81. The number of methoxy groups -OCH3 is 3. The number of piperazine rings is 1. The van der Waals surface area contributed by atoms with Crippen LogP contribution in [-0.4, -0.2) is 82.9 Å². The molecule has 0 spiro atoms. The molecule has 3 rings (SSSR count). The highest BCUT2D eigenvalue weighted by molar-refractivity contribution is 5.82. The fourth-order valence-corrected chi connectivity index (χ4v) is 3.81. The molecule has 0 atom stereocenters. The van der Waals surface area contributed by atoms with E-state index in [-0.39, 0.29) is 18.3 Å². The van der Waals surface area contributed by atoms with Gasteiger partial charge in [-0.25, -0.2) is 4.39 Å². The van der Waals surface area contributed by atoms with Gasteiger partial charge in [0.2, 0.25) is 5.91 Å². The van der Waals surface area contributed by atoms with Crippen LogP contribution in [0, 0.1) is 5.82 Å². The second-order valence-corrected chi connectivity index (χ2v) is 7.70. The van der Waals surface area contributed by atoms with Crippen molar-refractivity contribution in [2.45, 2.75) is 6.54 Å². The Morgan fingerprint density at radius 1 is 1.00 bits per heavy atom. The van der Waals surface area contributed by atoms with Gasteiger partial charge in [0.05, 0.1) is 27.4 Å². The standard InChI is InChI=1S/C24H32FN3O4/c1-30-15-14-28(20-8-9-22(31-2)23(16-20)32-3)18-24(29)27-12-10-26(11-13-27)17-19-6-4-5-7-21(19)25/h4-9,16H,10-15,17-18H2,1-3H3. The maximum Gasteiger partial charge on any atom is 0.242 e. The van der Waals surface area contributed by atoms with Gasteiger partial charge >= 0.3 is 0 Å². The molecule has 1 fully saturated rings. The van der Waals surface area contributed by atoms with E-state index in [2.05, 4.69) is 4.90 Å². The summed E-state index contributed by atoms with van der Waals surface area (Å²) < 4.78 is 29.9. The van der Waals surface area contributed by atoms with Crippen molar-refractivity contribution in [1.29, 1.82) is 0 Å². The Kier molecular flexibility index (Phi) is 8.70. The van der Waals surface area contributed by atoms with Crippen LogP contribution in [-0.2, 0) is 16.1 Å². The number of carbonyl (C=O) groups is 1. The van der Waals surface area contributed by atoms with Crippen molar-refractivity contribution in [1.82, 2.24) is 9.80 Å². The third kappa shape index (κ3) is 6.11. The van der Waals surface area contributed by atoms with Gasteiger partial charge in [-0.05, 0) is 18.2 Å². The molecule has 2 aromatic carbocycles. The summed E-state index contributed by atoms with van der Waals surface area (Å²) in [6, 6.07) is 12.5. The van der Waals surface area contributed by atoms with E-state index in [1.165, 1.54) is 6.07 Å². The van der Waals surface area contributed by atoms with Crippen molar-refractivity contribution in [2.75, 3.05) is 72.1 Å². The van der Waals surface area contributed by atoms with E-state index in [1.54, 1.807) is 27.4 Å². The Morgan fingerprint density at radius 2 is 1.72 bits per heavy atom. The molecule has 0 bridgehead atoms. The van der Waals surface area contributed by atoms with E-state index in [1.807, 2.05) is 40.1 Å². The SMILES string of the molecule is COCCN(CC(=O)N1CCN(Cc2ccccc2F)CC1)c1ccc(OC)c(OC)c1. The quantitative estimate of drug-likeness (QED) is 0.561. The van der Waals surface area contributed by atoms with E-state index in [0.717, 1.165) is 5.69 Å². The maximum absolute atomic E-state index is 13.9. The summed E-state index contributed by atoms with van der Waals surface area (Å²) in [6.45, 7) is 4.55. The summed E-state index contributed by atoms with van der Waals surface area (Å²) in [5.41, 5.74) is 1.55. The topological polar surface area (TPSA) is 54.5 Å². The second-order valence-electron chi connectivity index (χ2n) is 7.70. The molecule has 0 aromatic heterocycles. The van der Waals surface area contributed by atoms with Crippen LogP contribution in [0.3, 0.4) is 0 Å². The Hall–Kier alpha value is -2.84. The Morgan fingerprint density at radius 3 is 2.38 bits per heavy atom. The molecule has 0 unspecified atom stereocenters. The number of halogens is 1. The first-order valence-electron chi connectivity index (χ1n) is 10.7. The summed E-state index contributed by atoms with van der Waals surface area (Å²) in [6.07, 6.45) is 0. The smallest absolute Gasteiger partial charge is 0.242 e. The number of carbonyl (C=O) groups excluding carboxylic acids is 1. The molecule has 2 aromatic rings. The zero-order valence-corrected chi connectivity index (χ0v) is 19.1. The van der Waals surface area contributed by atoms with E-state index >= 15 is 0 Å². The van der Waals surface area contributed by atoms with E-state index in [4.69, 9.17) is 14.2 Å². The van der Waals surface area contributed by atoms with Crippen LogP contribution in [0.1, 0.15) is 5.56 Å². The number of hydrogen-bond donors (Lipinski definition) is 0. The lowest BCUT2D eigenvalue weighted by atomic mass is 10.2. The lowest BCUT2D eigenvalue weighted by Crippen LogP contribution is -2.51. The Labute approximate surface area is 189 Å². The van der Waals surface area contributed by atoms with Crippen molar-refractivity contribution in [2.24, 2.45) is 0 Å². The number of rotatable bonds is 10. The molecule has 0 radical (unpaired) electrons. The summed E-state index contributed by atoms with van der Waals surface area (Å²) in [5.74, 6) is 1.12. The first kappa shape index (κ1) is 23.8. The predicted molar refractivity (Wildman–Crippen MR) is 122 cm³/mol. The minimum absolute atomic E-state index is 0.0569. The molecule has 7 nitrogen and oxygen atoms in total. The molecule has 174 valence electrons. The van der Waals surface area contributed by atoms with Gasteiger partial charge in [-0.3, -0.25) is 9.69 Å². The van der Waals surface area contributed by atoms with Crippen molar-refractivity contribution in [3.63, 3.8) is 0 Å².